The van der Waals surface area contributed by atoms with E-state index in [0.717, 1.165) is 23.0 Å². The largest absolute Gasteiger partial charge is 0.466 e. The van der Waals surface area contributed by atoms with E-state index in [1.807, 2.05) is 48.5 Å². The Morgan fingerprint density at radius 3 is 1.00 bits per heavy atom. The number of benzene rings is 2. The van der Waals surface area contributed by atoms with Gasteiger partial charge in [0.15, 0.2) is 23.0 Å². The molecule has 2 heterocycles. The first-order chi connectivity index (χ1) is 9.93. The van der Waals surface area contributed by atoms with Crippen molar-refractivity contribution in [3.8, 4) is 23.0 Å². The van der Waals surface area contributed by atoms with Crippen molar-refractivity contribution in [3.05, 3.63) is 73.6 Å². The van der Waals surface area contributed by atoms with Gasteiger partial charge in [0, 0.05) is 0 Å². The van der Waals surface area contributed by atoms with Crippen LogP contribution in [-0.4, -0.2) is 0 Å². The van der Waals surface area contributed by atoms with E-state index >= 15 is 0 Å². The van der Waals surface area contributed by atoms with E-state index in [-0.39, 0.29) is 0 Å². The molecule has 2 aromatic carbocycles. The van der Waals surface area contributed by atoms with Gasteiger partial charge >= 0.3 is 0 Å². The fourth-order valence-electron chi connectivity index (χ4n) is 1.69. The highest BCUT2D eigenvalue weighted by molar-refractivity contribution is 5.53. The highest BCUT2D eigenvalue weighted by Crippen LogP contribution is 2.44. The molecule has 2 aliphatic heterocycles. The van der Waals surface area contributed by atoms with Gasteiger partial charge in [0.1, 0.15) is 25.0 Å². The van der Waals surface area contributed by atoms with Crippen molar-refractivity contribution < 1.29 is 18.9 Å². The van der Waals surface area contributed by atoms with Crippen LogP contribution >= 0.6 is 0 Å². The third-order valence-electron chi connectivity index (χ3n) is 2.56. The first kappa shape index (κ1) is 12.2. The molecule has 0 atom stereocenters. The van der Waals surface area contributed by atoms with Gasteiger partial charge in [0.2, 0.25) is 0 Å². The number of hydrogen-bond donors (Lipinski definition) is 0. The van der Waals surface area contributed by atoms with Crippen molar-refractivity contribution in [2.75, 3.05) is 0 Å². The minimum atomic E-state index is 0.770. The maximum absolute atomic E-state index is 5.65. The molecular formula is C16H12O4. The number of rotatable bonds is 0. The standard InChI is InChI=1S/C12H8O2.C4H4O2/c1-2-6-10-9(5-1)13-11-7-3-4-8-12(11)14-10;1-2-6-4-3-5-1/h1-8H;1-4H. The fourth-order valence-corrected chi connectivity index (χ4v) is 1.69. The van der Waals surface area contributed by atoms with Gasteiger partial charge in [0.05, 0.1) is 0 Å². The van der Waals surface area contributed by atoms with Crippen molar-refractivity contribution in [1.82, 2.24) is 0 Å². The van der Waals surface area contributed by atoms with Crippen molar-refractivity contribution in [1.29, 1.82) is 0 Å². The summed E-state index contributed by atoms with van der Waals surface area (Å²) in [6.07, 6.45) is 5.83. The van der Waals surface area contributed by atoms with Crippen LogP contribution in [0.3, 0.4) is 0 Å². The molecule has 0 saturated heterocycles. The normalized spacial score (nSPS) is 13.2. The van der Waals surface area contributed by atoms with E-state index in [0.29, 0.717) is 0 Å². The summed E-state index contributed by atoms with van der Waals surface area (Å²) in [6, 6.07) is 15.3. The number of para-hydroxylation sites is 4. The molecule has 0 fully saturated rings. The average Bonchev–Trinajstić information content (AvgIpc) is 2.55. The second-order valence-electron chi connectivity index (χ2n) is 3.91. The van der Waals surface area contributed by atoms with Gasteiger partial charge in [-0.1, -0.05) is 24.3 Å². The average molecular weight is 268 g/mol. The van der Waals surface area contributed by atoms with Crippen molar-refractivity contribution in [3.63, 3.8) is 0 Å². The molecule has 0 N–H and O–H groups in total. The second kappa shape index (κ2) is 5.84. The SMILES string of the molecule is C1=COC=CO1.c1ccc2c(c1)Oc1ccccc1O2. The van der Waals surface area contributed by atoms with Crippen LogP contribution in [0, 0.1) is 0 Å². The Morgan fingerprint density at radius 1 is 0.450 bits per heavy atom. The minimum Gasteiger partial charge on any atom is -0.466 e. The third kappa shape index (κ3) is 2.75. The van der Waals surface area contributed by atoms with E-state index in [1.165, 1.54) is 25.0 Å². The van der Waals surface area contributed by atoms with Crippen LogP contribution in [0.5, 0.6) is 23.0 Å². The van der Waals surface area contributed by atoms with Gasteiger partial charge in [-0.25, -0.2) is 0 Å². The molecular weight excluding hydrogens is 256 g/mol. The molecule has 20 heavy (non-hydrogen) atoms. The lowest BCUT2D eigenvalue weighted by Gasteiger charge is -2.19. The summed E-state index contributed by atoms with van der Waals surface area (Å²) in [5.41, 5.74) is 0. The first-order valence-electron chi connectivity index (χ1n) is 6.08. The second-order valence-corrected chi connectivity index (χ2v) is 3.91. The lowest BCUT2D eigenvalue weighted by Crippen LogP contribution is -1.97. The van der Waals surface area contributed by atoms with E-state index in [2.05, 4.69) is 9.47 Å². The summed E-state index contributed by atoms with van der Waals surface area (Å²) in [5.74, 6) is 3.08. The zero-order valence-corrected chi connectivity index (χ0v) is 10.6. The molecule has 4 nitrogen and oxygen atoms in total. The van der Waals surface area contributed by atoms with Crippen LogP contribution in [0.4, 0.5) is 0 Å². The molecule has 4 heteroatoms. The number of fused-ring (bicyclic) bond motifs is 2. The van der Waals surface area contributed by atoms with E-state index in [1.54, 1.807) is 0 Å². The summed E-state index contributed by atoms with van der Waals surface area (Å²) in [5, 5.41) is 0. The monoisotopic (exact) mass is 268 g/mol. The van der Waals surface area contributed by atoms with Crippen LogP contribution in [0.1, 0.15) is 0 Å². The Kier molecular flexibility index (Phi) is 3.55. The van der Waals surface area contributed by atoms with E-state index in [4.69, 9.17) is 9.47 Å². The predicted molar refractivity (Wildman–Crippen MR) is 73.5 cm³/mol. The molecule has 2 aromatic rings. The lowest BCUT2D eigenvalue weighted by atomic mass is 10.2. The highest BCUT2D eigenvalue weighted by atomic mass is 16.6. The maximum atomic E-state index is 5.65. The van der Waals surface area contributed by atoms with Crippen molar-refractivity contribution in [2.45, 2.75) is 0 Å². The fraction of sp³-hybridized carbons (Fsp3) is 0. The maximum Gasteiger partial charge on any atom is 0.170 e. The Bertz CT molecular complexity index is 539. The number of hydrogen-bond acceptors (Lipinski definition) is 4. The van der Waals surface area contributed by atoms with Crippen LogP contribution in [-0.2, 0) is 9.47 Å². The quantitative estimate of drug-likeness (QED) is 0.599. The van der Waals surface area contributed by atoms with Gasteiger partial charge < -0.3 is 18.9 Å². The molecule has 0 unspecified atom stereocenters. The third-order valence-corrected chi connectivity index (χ3v) is 2.56. The molecule has 0 saturated carbocycles. The van der Waals surface area contributed by atoms with E-state index < -0.39 is 0 Å². The van der Waals surface area contributed by atoms with Gasteiger partial charge in [-0.3, -0.25) is 0 Å². The molecule has 0 spiro atoms. The summed E-state index contributed by atoms with van der Waals surface area (Å²) < 4.78 is 20.5. The molecule has 0 amide bonds. The topological polar surface area (TPSA) is 36.9 Å². The van der Waals surface area contributed by atoms with Gasteiger partial charge in [-0.2, -0.15) is 0 Å². The lowest BCUT2D eigenvalue weighted by molar-refractivity contribution is 0.290. The van der Waals surface area contributed by atoms with Crippen LogP contribution in [0.15, 0.2) is 73.6 Å². The van der Waals surface area contributed by atoms with E-state index in [9.17, 15) is 0 Å². The van der Waals surface area contributed by atoms with Crippen LogP contribution in [0.2, 0.25) is 0 Å². The molecule has 0 radical (unpaired) electrons. The zero-order valence-electron chi connectivity index (χ0n) is 10.6. The van der Waals surface area contributed by atoms with Crippen LogP contribution in [0.25, 0.3) is 0 Å². The van der Waals surface area contributed by atoms with Crippen molar-refractivity contribution in [2.24, 2.45) is 0 Å². The number of ether oxygens (including phenoxy) is 4. The van der Waals surface area contributed by atoms with Crippen molar-refractivity contribution >= 4 is 0 Å². The zero-order chi connectivity index (χ0) is 13.6. The summed E-state index contributed by atoms with van der Waals surface area (Å²) in [4.78, 5) is 0. The van der Waals surface area contributed by atoms with Crippen LogP contribution < -0.4 is 9.47 Å². The van der Waals surface area contributed by atoms with Gasteiger partial charge in [-0.15, -0.1) is 0 Å². The molecule has 0 aromatic heterocycles. The predicted octanol–water partition coefficient (Wildman–Crippen LogP) is 4.56. The molecule has 2 aliphatic rings. The minimum absolute atomic E-state index is 0.770. The molecule has 0 bridgehead atoms. The van der Waals surface area contributed by atoms with Gasteiger partial charge in [-0.05, 0) is 24.3 Å². The highest BCUT2D eigenvalue weighted by Gasteiger charge is 2.16. The molecule has 4 rings (SSSR count). The summed E-state index contributed by atoms with van der Waals surface area (Å²) in [7, 11) is 0. The summed E-state index contributed by atoms with van der Waals surface area (Å²) >= 11 is 0. The Balaban J connectivity index is 0.000000170. The Morgan fingerprint density at radius 2 is 0.750 bits per heavy atom. The Hall–Kier alpha value is -2.88. The summed E-state index contributed by atoms with van der Waals surface area (Å²) in [6.45, 7) is 0. The van der Waals surface area contributed by atoms with Gasteiger partial charge in [0.25, 0.3) is 0 Å². The smallest absolute Gasteiger partial charge is 0.170 e. The molecule has 0 aliphatic carbocycles. The first-order valence-corrected chi connectivity index (χ1v) is 6.08. The Labute approximate surface area is 116 Å². The molecule has 100 valence electrons.